The average molecular weight is 522 g/mol. The second-order valence-electron chi connectivity index (χ2n) is 10.0. The fourth-order valence-corrected chi connectivity index (χ4v) is 5.88. The summed E-state index contributed by atoms with van der Waals surface area (Å²) in [5, 5.41) is 8.80. The van der Waals surface area contributed by atoms with Gasteiger partial charge >= 0.3 is 0 Å². The van der Waals surface area contributed by atoms with Gasteiger partial charge in [-0.3, -0.25) is 4.79 Å². The number of piperazine rings is 1. The number of anilines is 1. The Balaban J connectivity index is 1.38. The first-order valence-corrected chi connectivity index (χ1v) is 14.1. The molecule has 1 saturated heterocycles. The Labute approximate surface area is 220 Å². The molecule has 0 spiro atoms. The molecule has 0 bridgehead atoms. The second-order valence-corrected chi connectivity index (χ2v) is 12.0. The van der Waals surface area contributed by atoms with Crippen molar-refractivity contribution in [2.75, 3.05) is 44.2 Å². The molecule has 0 N–H and O–H groups in total. The van der Waals surface area contributed by atoms with E-state index in [0.717, 1.165) is 22.6 Å². The van der Waals surface area contributed by atoms with Gasteiger partial charge in [-0.1, -0.05) is 61.4 Å². The molecular formula is C28H35N5O3S. The molecule has 0 aliphatic carbocycles. The lowest BCUT2D eigenvalue weighted by Crippen LogP contribution is -2.52. The van der Waals surface area contributed by atoms with Crippen LogP contribution in [0.2, 0.25) is 0 Å². The summed E-state index contributed by atoms with van der Waals surface area (Å²) in [5.41, 5.74) is 4.02. The third kappa shape index (κ3) is 6.53. The van der Waals surface area contributed by atoms with Gasteiger partial charge in [-0.2, -0.15) is 4.31 Å². The largest absolute Gasteiger partial charge is 0.352 e. The maximum atomic E-state index is 13.3. The van der Waals surface area contributed by atoms with Crippen molar-refractivity contribution in [3.05, 3.63) is 71.8 Å². The maximum Gasteiger partial charge on any atom is 0.243 e. The Kier molecular flexibility index (Phi) is 8.24. The van der Waals surface area contributed by atoms with Crippen LogP contribution in [0.3, 0.4) is 0 Å². The number of hydrogen-bond acceptors (Lipinski definition) is 6. The number of aryl methyl sites for hydroxylation is 2. The van der Waals surface area contributed by atoms with Crippen molar-refractivity contribution >= 4 is 21.7 Å². The smallest absolute Gasteiger partial charge is 0.243 e. The number of carbonyl (C=O) groups is 1. The van der Waals surface area contributed by atoms with E-state index in [1.807, 2.05) is 52.0 Å². The zero-order valence-corrected chi connectivity index (χ0v) is 22.8. The minimum absolute atomic E-state index is 0.0892. The lowest BCUT2D eigenvalue weighted by molar-refractivity contribution is -0.131. The summed E-state index contributed by atoms with van der Waals surface area (Å²) in [4.78, 5) is 17.2. The molecule has 1 aliphatic rings. The highest BCUT2D eigenvalue weighted by Gasteiger charge is 2.30. The van der Waals surface area contributed by atoms with E-state index < -0.39 is 10.0 Å². The molecule has 2 heterocycles. The van der Waals surface area contributed by atoms with Crippen molar-refractivity contribution in [2.24, 2.45) is 5.92 Å². The van der Waals surface area contributed by atoms with E-state index in [1.165, 1.54) is 9.87 Å². The van der Waals surface area contributed by atoms with Crippen LogP contribution in [0.25, 0.3) is 11.3 Å². The molecule has 1 amide bonds. The first kappa shape index (κ1) is 26.8. The SMILES string of the molecule is Cc1ccc(-c2ccc(N3CCN(C(=O)CN(CC(C)C)S(=O)(=O)c4ccc(C)cc4)CC3)nn2)cc1. The molecular weight excluding hydrogens is 486 g/mol. The van der Waals surface area contributed by atoms with Gasteiger partial charge in [-0.05, 0) is 44.0 Å². The Morgan fingerprint density at radius 3 is 2.00 bits per heavy atom. The summed E-state index contributed by atoms with van der Waals surface area (Å²) in [7, 11) is -3.77. The number of rotatable bonds is 8. The van der Waals surface area contributed by atoms with Gasteiger partial charge in [0.05, 0.1) is 17.1 Å². The summed E-state index contributed by atoms with van der Waals surface area (Å²) < 4.78 is 27.9. The van der Waals surface area contributed by atoms with Crippen LogP contribution in [0.5, 0.6) is 0 Å². The van der Waals surface area contributed by atoms with E-state index in [4.69, 9.17) is 0 Å². The first-order valence-electron chi connectivity index (χ1n) is 12.6. The molecule has 8 nitrogen and oxygen atoms in total. The topological polar surface area (TPSA) is 86.7 Å². The highest BCUT2D eigenvalue weighted by molar-refractivity contribution is 7.89. The minimum atomic E-state index is -3.77. The number of carbonyl (C=O) groups excluding carboxylic acids is 1. The minimum Gasteiger partial charge on any atom is -0.352 e. The molecule has 0 radical (unpaired) electrons. The molecule has 4 rings (SSSR count). The van der Waals surface area contributed by atoms with E-state index in [9.17, 15) is 13.2 Å². The lowest BCUT2D eigenvalue weighted by atomic mass is 10.1. The average Bonchev–Trinajstić information content (AvgIpc) is 2.89. The van der Waals surface area contributed by atoms with Crippen molar-refractivity contribution in [3.8, 4) is 11.3 Å². The predicted octanol–water partition coefficient (Wildman–Crippen LogP) is 3.76. The van der Waals surface area contributed by atoms with Gasteiger partial charge in [0.1, 0.15) is 0 Å². The van der Waals surface area contributed by atoms with Crippen LogP contribution in [-0.2, 0) is 14.8 Å². The Morgan fingerprint density at radius 1 is 0.865 bits per heavy atom. The molecule has 3 aromatic rings. The number of amides is 1. The number of benzene rings is 2. The third-order valence-electron chi connectivity index (χ3n) is 6.49. The van der Waals surface area contributed by atoms with Gasteiger partial charge in [0, 0.05) is 38.3 Å². The molecule has 0 saturated carbocycles. The van der Waals surface area contributed by atoms with E-state index in [1.54, 1.807) is 29.2 Å². The number of nitrogens with zero attached hydrogens (tertiary/aromatic N) is 5. The molecule has 37 heavy (non-hydrogen) atoms. The molecule has 0 atom stereocenters. The Bertz CT molecular complexity index is 1300. The third-order valence-corrected chi connectivity index (χ3v) is 8.32. The van der Waals surface area contributed by atoms with Gasteiger partial charge in [-0.25, -0.2) is 8.42 Å². The monoisotopic (exact) mass is 521 g/mol. The summed E-state index contributed by atoms with van der Waals surface area (Å²) in [6, 6.07) is 18.8. The van der Waals surface area contributed by atoms with Gasteiger partial charge in [0.2, 0.25) is 15.9 Å². The number of sulfonamides is 1. The fourth-order valence-electron chi connectivity index (χ4n) is 4.32. The molecule has 2 aromatic carbocycles. The number of aromatic nitrogens is 2. The standard InChI is InChI=1S/C28H35N5O3S/c1-21(2)19-33(37(35,36)25-11-7-23(4)8-12-25)20-28(34)32-17-15-31(16-18-32)27-14-13-26(29-30-27)24-9-5-22(3)6-10-24/h5-14,21H,15-20H2,1-4H3. The van der Waals surface area contributed by atoms with E-state index in [-0.39, 0.29) is 29.8 Å². The summed E-state index contributed by atoms with van der Waals surface area (Å²) in [5.74, 6) is 0.675. The molecule has 0 unspecified atom stereocenters. The lowest BCUT2D eigenvalue weighted by Gasteiger charge is -2.36. The Morgan fingerprint density at radius 2 is 1.46 bits per heavy atom. The summed E-state index contributed by atoms with van der Waals surface area (Å²) in [6.07, 6.45) is 0. The quantitative estimate of drug-likeness (QED) is 0.449. The molecule has 1 aromatic heterocycles. The Hall–Kier alpha value is -3.30. The van der Waals surface area contributed by atoms with Crippen LogP contribution in [0.4, 0.5) is 5.82 Å². The van der Waals surface area contributed by atoms with Crippen LogP contribution in [0.1, 0.15) is 25.0 Å². The fraction of sp³-hybridized carbons (Fsp3) is 0.393. The second kappa shape index (κ2) is 11.4. The van der Waals surface area contributed by atoms with Gasteiger partial charge < -0.3 is 9.80 Å². The van der Waals surface area contributed by atoms with E-state index >= 15 is 0 Å². The van der Waals surface area contributed by atoms with Gasteiger partial charge in [-0.15, -0.1) is 10.2 Å². The van der Waals surface area contributed by atoms with Crippen molar-refractivity contribution in [3.63, 3.8) is 0 Å². The van der Waals surface area contributed by atoms with E-state index in [0.29, 0.717) is 26.2 Å². The summed E-state index contributed by atoms with van der Waals surface area (Å²) >= 11 is 0. The van der Waals surface area contributed by atoms with Crippen molar-refractivity contribution in [1.29, 1.82) is 0 Å². The predicted molar refractivity (Wildman–Crippen MR) is 146 cm³/mol. The van der Waals surface area contributed by atoms with E-state index in [2.05, 4.69) is 27.2 Å². The zero-order chi connectivity index (χ0) is 26.6. The van der Waals surface area contributed by atoms with Gasteiger partial charge in [0.25, 0.3) is 0 Å². The van der Waals surface area contributed by atoms with Crippen LogP contribution in [-0.4, -0.2) is 73.0 Å². The highest BCUT2D eigenvalue weighted by Crippen LogP contribution is 2.21. The maximum absolute atomic E-state index is 13.3. The molecule has 9 heteroatoms. The zero-order valence-electron chi connectivity index (χ0n) is 22.0. The van der Waals surface area contributed by atoms with Crippen LogP contribution >= 0.6 is 0 Å². The van der Waals surface area contributed by atoms with Crippen LogP contribution in [0.15, 0.2) is 65.6 Å². The first-order chi connectivity index (χ1) is 17.6. The van der Waals surface area contributed by atoms with Crippen LogP contribution in [0, 0.1) is 19.8 Å². The van der Waals surface area contributed by atoms with Crippen LogP contribution < -0.4 is 4.90 Å². The highest BCUT2D eigenvalue weighted by atomic mass is 32.2. The number of hydrogen-bond donors (Lipinski definition) is 0. The van der Waals surface area contributed by atoms with Crippen molar-refractivity contribution in [1.82, 2.24) is 19.4 Å². The molecule has 1 aliphatic heterocycles. The van der Waals surface area contributed by atoms with Crippen molar-refractivity contribution in [2.45, 2.75) is 32.6 Å². The van der Waals surface area contributed by atoms with Crippen molar-refractivity contribution < 1.29 is 13.2 Å². The normalized spacial score (nSPS) is 14.4. The molecule has 196 valence electrons. The molecule has 1 fully saturated rings. The summed E-state index contributed by atoms with van der Waals surface area (Å²) in [6.45, 7) is 10.2. The van der Waals surface area contributed by atoms with Gasteiger partial charge in [0.15, 0.2) is 5.82 Å².